The number of ketones is 1. The maximum atomic E-state index is 14.6. The first-order chi connectivity index (χ1) is 24.1. The zero-order valence-electron chi connectivity index (χ0n) is 32.1. The van der Waals surface area contributed by atoms with Crippen LogP contribution in [0.4, 0.5) is 4.79 Å². The molecule has 4 aliphatic rings. The Morgan fingerprint density at radius 1 is 1.00 bits per heavy atom. The molecule has 16 heteroatoms. The van der Waals surface area contributed by atoms with E-state index in [2.05, 4.69) is 5.32 Å². The van der Waals surface area contributed by atoms with E-state index < -0.39 is 107 Å². The van der Waals surface area contributed by atoms with Gasteiger partial charge in [0, 0.05) is 112 Å². The number of hydrogen-bond donors (Lipinski definition) is 6. The molecule has 294 valence electrons. The van der Waals surface area contributed by atoms with Gasteiger partial charge in [-0.25, -0.2) is 14.4 Å². The summed E-state index contributed by atoms with van der Waals surface area (Å²) in [5, 5.41) is 62.6. The maximum Gasteiger partial charge on any atom is 0.407 e. The van der Waals surface area contributed by atoms with Crippen molar-refractivity contribution >= 4 is 23.8 Å². The molecule has 2 saturated carbocycles. The largest absolute Gasteiger partial charge is 0.456 e. The Bertz CT molecular complexity index is 1600. The van der Waals surface area contributed by atoms with Gasteiger partial charge >= 0.3 is 18.0 Å². The first kappa shape index (κ1) is 47.9. The van der Waals surface area contributed by atoms with E-state index >= 15 is 0 Å². The van der Waals surface area contributed by atoms with Gasteiger partial charge in [-0.2, -0.15) is 0 Å². The molecule has 1 saturated heterocycles. The van der Waals surface area contributed by atoms with Crippen molar-refractivity contribution in [3.8, 4) is 0 Å². The van der Waals surface area contributed by atoms with Gasteiger partial charge < -0.3 is 49.8 Å². The van der Waals surface area contributed by atoms with Crippen LogP contribution in [0.1, 0.15) is 78.6 Å². The van der Waals surface area contributed by atoms with Gasteiger partial charge in [0.15, 0.2) is 11.9 Å². The standard InChI is InChI=1S/C38H53NO13.2Ac/c1-18(2)16-49-34(46)39-26(19(3)4)28(42)33(45)51-22-15-38(48)31(52-32(44)21-12-10-9-11-13-21)29-36(8,23(40)14-24-37(29,47)17-50-24)30(43)27(41)25(20(22)5)35(38,6)7;;/h9-13,18-19,22-24,26-29,31,40-42,47-48H,14-17H2,1-8H3,(H,39,46);;/t22?,23-,24+,26-,27+,28+,29-,31-,36+,37-,38+;;/m0../s1. The SMILES string of the molecule is CC1=C2[C@@H](O)C(=O)[C@@]3(C)[C@H]([C@H](OC(=O)c4ccccc4)[C@](O)(CC1OC(=O)[C@H](O)[C@@H](NC(=O)OCC(C)C)C(C)C)C2(C)C)[C@]1(O)CO[C@@H]1C[C@@H]3O.[Ac].[Ac]. The van der Waals surface area contributed by atoms with E-state index in [0.717, 1.165) is 0 Å². The number of amides is 1. The summed E-state index contributed by atoms with van der Waals surface area (Å²) in [5.74, 6) is -4.88. The van der Waals surface area contributed by atoms with Crippen LogP contribution in [0.5, 0.6) is 0 Å². The molecule has 1 aliphatic heterocycles. The third-order valence-corrected chi connectivity index (χ3v) is 12.0. The Labute approximate surface area is 387 Å². The van der Waals surface area contributed by atoms with Gasteiger partial charge in [-0.05, 0) is 49.0 Å². The fourth-order valence-electron chi connectivity index (χ4n) is 8.76. The minimum absolute atomic E-state index is 0. The number of nitrogens with one attached hydrogen (secondary N) is 1. The first-order valence-corrected chi connectivity index (χ1v) is 17.9. The van der Waals surface area contributed by atoms with Gasteiger partial charge in [-0.15, -0.1) is 0 Å². The molecular weight excluding hydrogens is 1130 g/mol. The molecule has 1 unspecified atom stereocenters. The second-order valence-electron chi connectivity index (χ2n) is 16.4. The molecule has 6 N–H and O–H groups in total. The third kappa shape index (κ3) is 8.20. The topological polar surface area (TPSA) is 218 Å². The minimum Gasteiger partial charge on any atom is -0.456 e. The smallest absolute Gasteiger partial charge is 0.407 e. The van der Waals surface area contributed by atoms with E-state index in [1.54, 1.807) is 45.9 Å². The number of alkyl carbamates (subject to hydrolysis) is 1. The van der Waals surface area contributed by atoms with Crippen LogP contribution >= 0.6 is 0 Å². The van der Waals surface area contributed by atoms with Crippen molar-refractivity contribution in [1.29, 1.82) is 0 Å². The van der Waals surface area contributed by atoms with Crippen LogP contribution in [0.25, 0.3) is 0 Å². The molecule has 11 atom stereocenters. The summed E-state index contributed by atoms with van der Waals surface area (Å²) in [6.45, 7) is 12.9. The maximum absolute atomic E-state index is 14.6. The van der Waals surface area contributed by atoms with Crippen molar-refractivity contribution in [2.24, 2.45) is 28.6 Å². The molecule has 3 aliphatic carbocycles. The molecule has 1 amide bonds. The van der Waals surface area contributed by atoms with Crippen LogP contribution in [0.2, 0.25) is 0 Å². The van der Waals surface area contributed by atoms with Crippen molar-refractivity contribution in [1.82, 2.24) is 5.32 Å². The third-order valence-electron chi connectivity index (χ3n) is 12.0. The first-order valence-electron chi connectivity index (χ1n) is 17.9. The number of aliphatic hydroxyl groups excluding tert-OH is 3. The molecule has 1 aromatic rings. The molecule has 2 radical (unpaired) electrons. The molecule has 14 nitrogen and oxygen atoms in total. The van der Waals surface area contributed by atoms with Crippen LogP contribution in [0, 0.1) is 117 Å². The van der Waals surface area contributed by atoms with Gasteiger partial charge in [-0.1, -0.05) is 59.7 Å². The summed E-state index contributed by atoms with van der Waals surface area (Å²) in [4.78, 5) is 54.6. The normalized spacial score (nSPS) is 35.0. The summed E-state index contributed by atoms with van der Waals surface area (Å²) in [7, 11) is 0. The average Bonchev–Trinajstić information content (AvgIpc) is 3.08. The summed E-state index contributed by atoms with van der Waals surface area (Å²) in [6.07, 6.45) is -10.9. The molecule has 2 bridgehead atoms. The van der Waals surface area contributed by atoms with Crippen molar-refractivity contribution < 1.29 is 152 Å². The number of carbonyl (C=O) groups is 4. The Kier molecular flexibility index (Phi) is 15.7. The summed E-state index contributed by atoms with van der Waals surface area (Å²) in [5.41, 5.74) is -7.40. The summed E-state index contributed by atoms with van der Waals surface area (Å²) in [6, 6.07) is 6.76. The number of carbonyl (C=O) groups excluding carboxylic acids is 4. The fourth-order valence-corrected chi connectivity index (χ4v) is 8.76. The second-order valence-corrected chi connectivity index (χ2v) is 16.4. The Balaban J connectivity index is 0.00000392. The molecule has 3 fully saturated rings. The van der Waals surface area contributed by atoms with Crippen molar-refractivity contribution in [3.63, 3.8) is 0 Å². The molecule has 5 rings (SSSR count). The number of Topliss-reactive ketones (excluding diaryl/α,β-unsaturated/α-hetero) is 1. The molecule has 54 heavy (non-hydrogen) atoms. The van der Waals surface area contributed by atoms with E-state index in [9.17, 15) is 44.7 Å². The summed E-state index contributed by atoms with van der Waals surface area (Å²) >= 11 is 0. The number of benzene rings is 1. The number of aliphatic hydroxyl groups is 5. The molecule has 1 aromatic carbocycles. The van der Waals surface area contributed by atoms with Crippen LogP contribution in [0.3, 0.4) is 0 Å². The van der Waals surface area contributed by atoms with Crippen LogP contribution in [0.15, 0.2) is 41.5 Å². The van der Waals surface area contributed by atoms with Crippen LogP contribution < -0.4 is 5.32 Å². The molecule has 0 spiro atoms. The molecule has 1 heterocycles. The van der Waals surface area contributed by atoms with Crippen LogP contribution in [-0.2, 0) is 28.5 Å². The van der Waals surface area contributed by atoms with Crippen LogP contribution in [-0.4, -0.2) is 116 Å². The number of rotatable bonds is 9. The zero-order valence-corrected chi connectivity index (χ0v) is 41.6. The minimum atomic E-state index is -2.28. The fraction of sp³-hybridized carbons (Fsp3) is 0.684. The van der Waals surface area contributed by atoms with Gasteiger partial charge in [0.05, 0.1) is 42.4 Å². The zero-order chi connectivity index (χ0) is 38.7. The predicted molar refractivity (Wildman–Crippen MR) is 183 cm³/mol. The number of fused-ring (bicyclic) bond motifs is 5. The molecular formula is C38H53Ac2NO13. The quantitative estimate of drug-likeness (QED) is 0.118. The Morgan fingerprint density at radius 2 is 1.61 bits per heavy atom. The van der Waals surface area contributed by atoms with E-state index in [0.29, 0.717) is 0 Å². The van der Waals surface area contributed by atoms with E-state index in [-0.39, 0.29) is 130 Å². The van der Waals surface area contributed by atoms with Gasteiger partial charge in [-0.3, -0.25) is 4.79 Å². The van der Waals surface area contributed by atoms with E-state index in [4.69, 9.17) is 18.9 Å². The van der Waals surface area contributed by atoms with Gasteiger partial charge in [0.1, 0.15) is 29.5 Å². The number of esters is 2. The average molecular weight is 1190 g/mol. The van der Waals surface area contributed by atoms with E-state index in [1.165, 1.54) is 26.0 Å². The predicted octanol–water partition coefficient (Wildman–Crippen LogP) is 1.83. The van der Waals surface area contributed by atoms with Crippen molar-refractivity contribution in [3.05, 3.63) is 47.0 Å². The summed E-state index contributed by atoms with van der Waals surface area (Å²) < 4.78 is 22.8. The Hall–Kier alpha value is -0.517. The second kappa shape index (κ2) is 17.8. The van der Waals surface area contributed by atoms with Crippen molar-refractivity contribution in [2.45, 2.75) is 122 Å². The van der Waals surface area contributed by atoms with Gasteiger partial charge in [0.25, 0.3) is 0 Å². The Morgan fingerprint density at radius 3 is 2.15 bits per heavy atom. The molecule has 0 aromatic heterocycles. The number of hydrogen-bond acceptors (Lipinski definition) is 13. The van der Waals surface area contributed by atoms with E-state index in [1.807, 2.05) is 13.8 Å². The number of ether oxygens (including phenoxy) is 4. The van der Waals surface area contributed by atoms with Gasteiger partial charge in [0.2, 0.25) is 0 Å². The monoisotopic (exact) mass is 1190 g/mol. The van der Waals surface area contributed by atoms with Crippen molar-refractivity contribution in [2.75, 3.05) is 13.2 Å².